The zero-order valence-electron chi connectivity index (χ0n) is 13.5. The van der Waals surface area contributed by atoms with Gasteiger partial charge in [-0.25, -0.2) is 0 Å². The van der Waals surface area contributed by atoms with Gasteiger partial charge in [-0.15, -0.1) is 0 Å². The van der Waals surface area contributed by atoms with E-state index in [0.717, 1.165) is 35.9 Å². The predicted molar refractivity (Wildman–Crippen MR) is 90.2 cm³/mol. The Labute approximate surface area is 140 Å². The number of benzene rings is 1. The van der Waals surface area contributed by atoms with E-state index < -0.39 is 6.10 Å². The van der Waals surface area contributed by atoms with E-state index in [1.54, 1.807) is 11.8 Å². The van der Waals surface area contributed by atoms with Crippen LogP contribution in [0.4, 0.5) is 0 Å². The maximum Gasteiger partial charge on any atom is 0.263 e. The highest BCUT2D eigenvalue weighted by Gasteiger charge is 2.22. The number of nitrogens with zero attached hydrogens (tertiary/aromatic N) is 1. The summed E-state index contributed by atoms with van der Waals surface area (Å²) in [5.41, 5.74) is 1.15. The molecule has 4 nitrogen and oxygen atoms in total. The van der Waals surface area contributed by atoms with E-state index in [9.17, 15) is 4.79 Å². The molecule has 1 aromatic rings. The third-order valence-corrected chi connectivity index (χ3v) is 4.55. The van der Waals surface area contributed by atoms with Crippen LogP contribution in [-0.4, -0.2) is 43.2 Å². The third-order valence-electron chi connectivity index (χ3n) is 3.93. The topological polar surface area (TPSA) is 38.8 Å². The molecule has 0 aliphatic carbocycles. The molecule has 2 unspecified atom stereocenters. The van der Waals surface area contributed by atoms with Gasteiger partial charge in [0.2, 0.25) is 0 Å². The van der Waals surface area contributed by atoms with Gasteiger partial charge in [-0.3, -0.25) is 4.79 Å². The number of ether oxygens (including phenoxy) is 2. The lowest BCUT2D eigenvalue weighted by Gasteiger charge is -2.23. The summed E-state index contributed by atoms with van der Waals surface area (Å²) < 4.78 is 12.2. The fourth-order valence-corrected chi connectivity index (χ4v) is 3.16. The van der Waals surface area contributed by atoms with E-state index in [1.165, 1.54) is 0 Å². The zero-order valence-corrected chi connectivity index (χ0v) is 15.1. The molecule has 1 aromatic carbocycles. The van der Waals surface area contributed by atoms with Crippen molar-refractivity contribution >= 4 is 21.8 Å². The van der Waals surface area contributed by atoms with Crippen molar-refractivity contribution in [3.63, 3.8) is 0 Å². The Bertz CT molecular complexity index is 515. The van der Waals surface area contributed by atoms with Crippen LogP contribution in [-0.2, 0) is 9.53 Å². The van der Waals surface area contributed by atoms with Crippen molar-refractivity contribution in [2.45, 2.75) is 45.3 Å². The van der Waals surface area contributed by atoms with Crippen molar-refractivity contribution in [2.75, 3.05) is 20.2 Å². The van der Waals surface area contributed by atoms with Gasteiger partial charge < -0.3 is 14.4 Å². The van der Waals surface area contributed by atoms with Crippen LogP contribution < -0.4 is 4.74 Å². The van der Waals surface area contributed by atoms with Crippen LogP contribution in [0.1, 0.15) is 31.7 Å². The molecule has 1 aliphatic heterocycles. The van der Waals surface area contributed by atoms with Gasteiger partial charge in [0.05, 0.1) is 10.6 Å². The summed E-state index contributed by atoms with van der Waals surface area (Å²) in [6, 6.07) is 5.83. The highest BCUT2D eigenvalue weighted by atomic mass is 79.9. The Morgan fingerprint density at radius 1 is 1.55 bits per heavy atom. The molecule has 1 saturated heterocycles. The molecule has 5 heteroatoms. The first-order valence-electron chi connectivity index (χ1n) is 7.76. The molecule has 1 heterocycles. The number of rotatable bonds is 6. The summed E-state index contributed by atoms with van der Waals surface area (Å²) in [6.45, 7) is 5.36. The minimum atomic E-state index is -0.506. The second-order valence-corrected chi connectivity index (χ2v) is 6.73. The van der Waals surface area contributed by atoms with E-state index in [0.29, 0.717) is 18.4 Å². The largest absolute Gasteiger partial charge is 0.480 e. The molecule has 0 spiro atoms. The summed E-state index contributed by atoms with van der Waals surface area (Å²) >= 11 is 3.47. The smallest absolute Gasteiger partial charge is 0.263 e. The number of halogens is 1. The van der Waals surface area contributed by atoms with E-state index >= 15 is 0 Å². The van der Waals surface area contributed by atoms with Crippen LogP contribution in [0.15, 0.2) is 22.7 Å². The van der Waals surface area contributed by atoms with E-state index in [1.807, 2.05) is 32.2 Å². The lowest BCUT2D eigenvalue weighted by Crippen LogP contribution is -2.39. The Balaban J connectivity index is 1.84. The first-order valence-corrected chi connectivity index (χ1v) is 8.56. The minimum Gasteiger partial charge on any atom is -0.480 e. The molecule has 1 amide bonds. The Morgan fingerprint density at radius 2 is 2.32 bits per heavy atom. The molecular weight excluding hydrogens is 346 g/mol. The van der Waals surface area contributed by atoms with Crippen LogP contribution in [0.3, 0.4) is 0 Å². The van der Waals surface area contributed by atoms with E-state index in [4.69, 9.17) is 9.47 Å². The van der Waals surface area contributed by atoms with Gasteiger partial charge in [-0.1, -0.05) is 6.07 Å². The standard InChI is InChI=1S/C17H24BrNO3/c1-12-6-7-16(15(18)11-12)22-13(2)17(20)19(3)9-8-14-5-4-10-21-14/h6-7,11,13-14H,4-5,8-10H2,1-3H3. The van der Waals surface area contributed by atoms with Crippen molar-refractivity contribution in [1.29, 1.82) is 0 Å². The molecule has 0 saturated carbocycles. The minimum absolute atomic E-state index is 0.00882. The molecule has 0 aromatic heterocycles. The lowest BCUT2D eigenvalue weighted by molar-refractivity contribution is -0.136. The van der Waals surface area contributed by atoms with Gasteiger partial charge in [0.25, 0.3) is 5.91 Å². The van der Waals surface area contributed by atoms with Gasteiger partial charge in [0.1, 0.15) is 5.75 Å². The first kappa shape index (κ1) is 17.3. The van der Waals surface area contributed by atoms with Crippen LogP contribution >= 0.6 is 15.9 Å². The van der Waals surface area contributed by atoms with Crippen molar-refractivity contribution < 1.29 is 14.3 Å². The van der Waals surface area contributed by atoms with Crippen molar-refractivity contribution in [3.05, 3.63) is 28.2 Å². The van der Waals surface area contributed by atoms with Gasteiger partial charge in [0.15, 0.2) is 6.10 Å². The Kier molecular flexibility index (Phi) is 6.26. The van der Waals surface area contributed by atoms with E-state index in [2.05, 4.69) is 15.9 Å². The molecule has 1 fully saturated rings. The summed E-state index contributed by atoms with van der Waals surface area (Å²) in [5, 5.41) is 0. The van der Waals surface area contributed by atoms with Crippen LogP contribution in [0.5, 0.6) is 5.75 Å². The quantitative estimate of drug-likeness (QED) is 0.769. The predicted octanol–water partition coefficient (Wildman–Crippen LogP) is 3.55. The van der Waals surface area contributed by atoms with Crippen molar-refractivity contribution in [3.8, 4) is 5.75 Å². The van der Waals surface area contributed by atoms with E-state index in [-0.39, 0.29) is 5.91 Å². The number of hydrogen-bond acceptors (Lipinski definition) is 3. The SMILES string of the molecule is Cc1ccc(OC(C)C(=O)N(C)CCC2CCCO2)c(Br)c1. The summed E-state index contributed by atoms with van der Waals surface area (Å²) in [6.07, 6.45) is 2.92. The molecule has 122 valence electrons. The fraction of sp³-hybridized carbons (Fsp3) is 0.588. The second-order valence-electron chi connectivity index (χ2n) is 5.88. The van der Waals surface area contributed by atoms with Gasteiger partial charge in [-0.2, -0.15) is 0 Å². The molecule has 0 N–H and O–H groups in total. The third kappa shape index (κ3) is 4.71. The number of aryl methyl sites for hydroxylation is 1. The Hall–Kier alpha value is -1.07. The first-order chi connectivity index (χ1) is 10.5. The molecule has 0 bridgehead atoms. The Morgan fingerprint density at radius 3 is 2.95 bits per heavy atom. The van der Waals surface area contributed by atoms with Crippen LogP contribution in [0, 0.1) is 6.92 Å². The van der Waals surface area contributed by atoms with Gasteiger partial charge in [0, 0.05) is 20.2 Å². The molecule has 2 rings (SSSR count). The lowest BCUT2D eigenvalue weighted by atomic mass is 10.2. The highest BCUT2D eigenvalue weighted by molar-refractivity contribution is 9.10. The molecule has 1 aliphatic rings. The number of hydrogen-bond donors (Lipinski definition) is 0. The summed E-state index contributed by atoms with van der Waals surface area (Å²) in [7, 11) is 1.82. The van der Waals surface area contributed by atoms with Crippen molar-refractivity contribution in [1.82, 2.24) is 4.90 Å². The van der Waals surface area contributed by atoms with Gasteiger partial charge in [-0.05, 0) is 66.7 Å². The number of carbonyl (C=O) groups excluding carboxylic acids is 1. The summed E-state index contributed by atoms with van der Waals surface area (Å²) in [5.74, 6) is 0.685. The molecule has 2 atom stereocenters. The van der Waals surface area contributed by atoms with Crippen molar-refractivity contribution in [2.24, 2.45) is 0 Å². The molecule has 22 heavy (non-hydrogen) atoms. The number of likely N-dealkylation sites (N-methyl/N-ethyl adjacent to an activating group) is 1. The summed E-state index contributed by atoms with van der Waals surface area (Å²) in [4.78, 5) is 14.1. The monoisotopic (exact) mass is 369 g/mol. The molecular formula is C17H24BrNO3. The van der Waals surface area contributed by atoms with Crippen LogP contribution in [0.2, 0.25) is 0 Å². The highest BCUT2D eigenvalue weighted by Crippen LogP contribution is 2.27. The fourth-order valence-electron chi connectivity index (χ4n) is 2.57. The average molecular weight is 370 g/mol. The van der Waals surface area contributed by atoms with Gasteiger partial charge >= 0.3 is 0 Å². The maximum absolute atomic E-state index is 12.4. The number of carbonyl (C=O) groups is 1. The van der Waals surface area contributed by atoms with Crippen LogP contribution in [0.25, 0.3) is 0 Å². The zero-order chi connectivity index (χ0) is 16.1. The average Bonchev–Trinajstić information content (AvgIpc) is 3.00. The molecule has 0 radical (unpaired) electrons. The number of amides is 1. The second kappa shape index (κ2) is 7.97. The normalized spacial score (nSPS) is 19.0. The maximum atomic E-state index is 12.4.